The second kappa shape index (κ2) is 8.91. The van der Waals surface area contributed by atoms with E-state index in [1.807, 2.05) is 13.0 Å². The predicted octanol–water partition coefficient (Wildman–Crippen LogP) is 3.04. The molecule has 0 aromatic heterocycles. The third-order valence-corrected chi connectivity index (χ3v) is 6.09. The summed E-state index contributed by atoms with van der Waals surface area (Å²) < 4.78 is 18.8. The van der Waals surface area contributed by atoms with E-state index in [1.165, 1.54) is 12.1 Å². The minimum atomic E-state index is -0.270. The van der Waals surface area contributed by atoms with Gasteiger partial charge in [-0.3, -0.25) is 9.69 Å². The van der Waals surface area contributed by atoms with Crippen LogP contribution in [-0.4, -0.2) is 56.2 Å². The van der Waals surface area contributed by atoms with Crippen LogP contribution in [0.4, 0.5) is 10.1 Å². The minimum Gasteiger partial charge on any atom is -0.494 e. The molecule has 0 saturated carbocycles. The van der Waals surface area contributed by atoms with E-state index in [2.05, 4.69) is 22.0 Å². The Labute approximate surface area is 161 Å². The standard InChI is InChI=1S/C21H32FN3O2/c1-4-15(2)21(26)23-17-7-10-25(14-17)18-8-11-24(12-9-18)19-6-5-16(22)13-20(19)27-3/h5-6,13,15,17-18H,4,7-12,14H2,1-3H3,(H,23,26). The van der Waals surface area contributed by atoms with Crippen LogP contribution in [0.15, 0.2) is 18.2 Å². The number of ether oxygens (including phenoxy) is 1. The Kier molecular flexibility index (Phi) is 6.58. The van der Waals surface area contributed by atoms with E-state index in [1.54, 1.807) is 7.11 Å². The van der Waals surface area contributed by atoms with Crippen molar-refractivity contribution < 1.29 is 13.9 Å². The zero-order valence-corrected chi connectivity index (χ0v) is 16.7. The summed E-state index contributed by atoms with van der Waals surface area (Å²) in [5.41, 5.74) is 0.970. The molecule has 0 radical (unpaired) electrons. The fraction of sp³-hybridized carbons (Fsp3) is 0.667. The highest BCUT2D eigenvalue weighted by atomic mass is 19.1. The quantitative estimate of drug-likeness (QED) is 0.828. The molecule has 2 aliphatic rings. The van der Waals surface area contributed by atoms with Crippen molar-refractivity contribution in [2.75, 3.05) is 38.2 Å². The zero-order valence-electron chi connectivity index (χ0n) is 16.7. The first-order valence-electron chi connectivity index (χ1n) is 10.1. The van der Waals surface area contributed by atoms with Gasteiger partial charge in [0.15, 0.2) is 0 Å². The van der Waals surface area contributed by atoms with Gasteiger partial charge in [0.25, 0.3) is 0 Å². The van der Waals surface area contributed by atoms with Gasteiger partial charge in [-0.1, -0.05) is 13.8 Å². The molecular weight excluding hydrogens is 345 g/mol. The molecule has 0 spiro atoms. The molecule has 1 aromatic rings. The molecule has 2 saturated heterocycles. The lowest BCUT2D eigenvalue weighted by molar-refractivity contribution is -0.125. The summed E-state index contributed by atoms with van der Waals surface area (Å²) >= 11 is 0. The maximum absolute atomic E-state index is 13.4. The Hall–Kier alpha value is -1.82. The van der Waals surface area contributed by atoms with Crippen LogP contribution in [0.5, 0.6) is 5.75 Å². The summed E-state index contributed by atoms with van der Waals surface area (Å²) in [5, 5.41) is 3.21. The van der Waals surface area contributed by atoms with Gasteiger partial charge in [-0.25, -0.2) is 4.39 Å². The van der Waals surface area contributed by atoms with Crippen molar-refractivity contribution in [2.24, 2.45) is 5.92 Å². The fourth-order valence-corrected chi connectivity index (χ4v) is 4.15. The molecule has 0 aliphatic carbocycles. The number of likely N-dealkylation sites (tertiary alicyclic amines) is 1. The Bertz CT molecular complexity index is 646. The van der Waals surface area contributed by atoms with Gasteiger partial charge in [0, 0.05) is 50.2 Å². The highest BCUT2D eigenvalue weighted by Crippen LogP contribution is 2.32. The Morgan fingerprint density at radius 3 is 2.70 bits per heavy atom. The van der Waals surface area contributed by atoms with E-state index in [0.717, 1.165) is 57.5 Å². The molecule has 6 heteroatoms. The van der Waals surface area contributed by atoms with Crippen molar-refractivity contribution in [3.63, 3.8) is 0 Å². The number of hydrogen-bond donors (Lipinski definition) is 1. The van der Waals surface area contributed by atoms with Crippen molar-refractivity contribution in [2.45, 2.75) is 51.6 Å². The lowest BCUT2D eigenvalue weighted by Gasteiger charge is -2.38. The number of hydrogen-bond acceptors (Lipinski definition) is 4. The molecule has 2 atom stereocenters. The summed E-state index contributed by atoms with van der Waals surface area (Å²) in [6.07, 6.45) is 4.07. The Morgan fingerprint density at radius 1 is 1.30 bits per heavy atom. The second-order valence-electron chi connectivity index (χ2n) is 7.83. The number of nitrogens with one attached hydrogen (secondary N) is 1. The summed E-state index contributed by atoms with van der Waals surface area (Å²) in [4.78, 5) is 16.9. The minimum absolute atomic E-state index is 0.0907. The van der Waals surface area contributed by atoms with E-state index >= 15 is 0 Å². The lowest BCUT2D eigenvalue weighted by atomic mass is 10.0. The normalized spacial score (nSPS) is 22.7. The number of carbonyl (C=O) groups excluding carboxylic acids is 1. The first-order chi connectivity index (χ1) is 13.0. The summed E-state index contributed by atoms with van der Waals surface area (Å²) in [6.45, 7) is 7.92. The molecule has 3 rings (SSSR count). The van der Waals surface area contributed by atoms with Crippen molar-refractivity contribution >= 4 is 11.6 Å². The molecule has 2 aliphatic heterocycles. The number of halogens is 1. The first kappa shape index (κ1) is 19.9. The van der Waals surface area contributed by atoms with Gasteiger partial charge in [0.1, 0.15) is 11.6 Å². The summed E-state index contributed by atoms with van der Waals surface area (Å²) in [7, 11) is 1.59. The van der Waals surface area contributed by atoms with Crippen LogP contribution in [0.2, 0.25) is 0 Å². The van der Waals surface area contributed by atoms with Gasteiger partial charge in [0.05, 0.1) is 12.8 Å². The van der Waals surface area contributed by atoms with Gasteiger partial charge in [-0.2, -0.15) is 0 Å². The van der Waals surface area contributed by atoms with Crippen LogP contribution < -0.4 is 15.0 Å². The number of benzene rings is 1. The number of methoxy groups -OCH3 is 1. The van der Waals surface area contributed by atoms with Crippen molar-refractivity contribution in [3.05, 3.63) is 24.0 Å². The zero-order chi connectivity index (χ0) is 19.4. The fourth-order valence-electron chi connectivity index (χ4n) is 4.15. The maximum Gasteiger partial charge on any atom is 0.223 e. The molecule has 5 nitrogen and oxygen atoms in total. The predicted molar refractivity (Wildman–Crippen MR) is 106 cm³/mol. The van der Waals surface area contributed by atoms with Crippen molar-refractivity contribution in [1.29, 1.82) is 0 Å². The number of amides is 1. The highest BCUT2D eigenvalue weighted by molar-refractivity contribution is 5.78. The van der Waals surface area contributed by atoms with E-state index in [4.69, 9.17) is 4.74 Å². The van der Waals surface area contributed by atoms with Crippen LogP contribution in [0, 0.1) is 11.7 Å². The van der Waals surface area contributed by atoms with E-state index < -0.39 is 0 Å². The van der Waals surface area contributed by atoms with Gasteiger partial charge in [-0.05, 0) is 37.8 Å². The molecule has 150 valence electrons. The van der Waals surface area contributed by atoms with Crippen LogP contribution >= 0.6 is 0 Å². The molecular formula is C21H32FN3O2. The first-order valence-corrected chi connectivity index (χ1v) is 10.1. The average Bonchev–Trinajstić information content (AvgIpc) is 3.15. The van der Waals surface area contributed by atoms with E-state index in [0.29, 0.717) is 11.8 Å². The van der Waals surface area contributed by atoms with Crippen molar-refractivity contribution in [1.82, 2.24) is 10.2 Å². The van der Waals surface area contributed by atoms with Crippen LogP contribution in [0.1, 0.15) is 39.5 Å². The number of piperidine rings is 1. The largest absolute Gasteiger partial charge is 0.494 e. The Morgan fingerprint density at radius 2 is 2.04 bits per heavy atom. The molecule has 0 bridgehead atoms. The molecule has 2 unspecified atom stereocenters. The van der Waals surface area contributed by atoms with Crippen LogP contribution in [-0.2, 0) is 4.79 Å². The molecule has 2 heterocycles. The molecule has 27 heavy (non-hydrogen) atoms. The van der Waals surface area contributed by atoms with Crippen molar-refractivity contribution in [3.8, 4) is 5.75 Å². The molecule has 1 aromatic carbocycles. The number of carbonyl (C=O) groups is 1. The SMILES string of the molecule is CCC(C)C(=O)NC1CCN(C2CCN(c3ccc(F)cc3OC)CC2)C1. The highest BCUT2D eigenvalue weighted by Gasteiger charge is 2.32. The number of anilines is 1. The van der Waals surface area contributed by atoms with Gasteiger partial charge >= 0.3 is 0 Å². The average molecular weight is 378 g/mol. The van der Waals surface area contributed by atoms with Gasteiger partial charge in [0.2, 0.25) is 5.91 Å². The number of nitrogens with zero attached hydrogens (tertiary/aromatic N) is 2. The lowest BCUT2D eigenvalue weighted by Crippen LogP contribution is -2.46. The summed E-state index contributed by atoms with van der Waals surface area (Å²) in [5.74, 6) is 0.603. The third-order valence-electron chi connectivity index (χ3n) is 6.09. The Balaban J connectivity index is 1.51. The maximum atomic E-state index is 13.4. The van der Waals surface area contributed by atoms with Gasteiger partial charge in [-0.15, -0.1) is 0 Å². The van der Waals surface area contributed by atoms with Crippen LogP contribution in [0.25, 0.3) is 0 Å². The summed E-state index contributed by atoms with van der Waals surface area (Å²) in [6, 6.07) is 5.59. The van der Waals surface area contributed by atoms with E-state index in [9.17, 15) is 9.18 Å². The van der Waals surface area contributed by atoms with E-state index in [-0.39, 0.29) is 23.7 Å². The smallest absolute Gasteiger partial charge is 0.223 e. The molecule has 1 amide bonds. The van der Waals surface area contributed by atoms with Gasteiger partial charge < -0.3 is 15.0 Å². The van der Waals surface area contributed by atoms with Crippen LogP contribution in [0.3, 0.4) is 0 Å². The molecule has 2 fully saturated rings. The monoisotopic (exact) mass is 377 g/mol. The molecule has 1 N–H and O–H groups in total. The third kappa shape index (κ3) is 4.72. The number of rotatable bonds is 6. The topological polar surface area (TPSA) is 44.8 Å². The second-order valence-corrected chi connectivity index (χ2v) is 7.83.